The molecule has 0 saturated carbocycles. The van der Waals surface area contributed by atoms with Crippen LogP contribution in [-0.2, 0) is 27.3 Å². The average Bonchev–Trinajstić information content (AvgIpc) is 3.37. The minimum atomic E-state index is -0.499. The van der Waals surface area contributed by atoms with E-state index in [1.54, 1.807) is 35.6 Å². The van der Waals surface area contributed by atoms with Crippen molar-refractivity contribution in [3.63, 3.8) is 0 Å². The Labute approximate surface area is 185 Å². The second kappa shape index (κ2) is 10.1. The number of rotatable bonds is 8. The number of amides is 2. The van der Waals surface area contributed by atoms with Gasteiger partial charge in [0.25, 0.3) is 5.91 Å². The number of thiophene rings is 1. The molecule has 2 N–H and O–H groups in total. The molecule has 3 aromatic rings. The molecule has 0 radical (unpaired) electrons. The number of hydrogen-bond donors (Lipinski definition) is 2. The largest absolute Gasteiger partial charge is 0.468 e. The van der Waals surface area contributed by atoms with Crippen molar-refractivity contribution in [1.29, 1.82) is 0 Å². The lowest BCUT2D eigenvalue weighted by atomic mass is 10.1. The number of ether oxygens (including phenoxy) is 1. The van der Waals surface area contributed by atoms with E-state index in [-0.39, 0.29) is 24.8 Å². The van der Waals surface area contributed by atoms with Crippen LogP contribution in [0.2, 0.25) is 0 Å². The summed E-state index contributed by atoms with van der Waals surface area (Å²) in [6, 6.07) is 13.1. The third-order valence-corrected chi connectivity index (χ3v) is 5.81. The van der Waals surface area contributed by atoms with E-state index in [1.165, 1.54) is 12.0 Å². The van der Waals surface area contributed by atoms with Gasteiger partial charge >= 0.3 is 5.97 Å². The predicted octanol–water partition coefficient (Wildman–Crippen LogP) is 3.30. The van der Waals surface area contributed by atoms with E-state index in [0.29, 0.717) is 11.3 Å². The van der Waals surface area contributed by atoms with Gasteiger partial charge in [-0.2, -0.15) is 0 Å². The molecule has 2 amide bonds. The first-order valence-corrected chi connectivity index (χ1v) is 10.7. The number of benzene rings is 1. The van der Waals surface area contributed by atoms with Crippen molar-refractivity contribution in [3.8, 4) is 0 Å². The molecule has 0 aliphatic rings. The lowest BCUT2D eigenvalue weighted by Crippen LogP contribution is -2.31. The van der Waals surface area contributed by atoms with Crippen LogP contribution in [0.25, 0.3) is 0 Å². The van der Waals surface area contributed by atoms with Gasteiger partial charge < -0.3 is 19.9 Å². The Balaban J connectivity index is 1.61. The number of nitrogens with zero attached hydrogens (tertiary/aromatic N) is 1. The fourth-order valence-electron chi connectivity index (χ4n) is 3.23. The fourth-order valence-corrected chi connectivity index (χ4v) is 3.92. The molecule has 2 aromatic heterocycles. The lowest BCUT2D eigenvalue weighted by Gasteiger charge is -2.09. The third-order valence-electron chi connectivity index (χ3n) is 4.95. The van der Waals surface area contributed by atoms with Gasteiger partial charge in [-0.3, -0.25) is 14.4 Å². The van der Waals surface area contributed by atoms with Crippen molar-refractivity contribution in [2.45, 2.75) is 26.8 Å². The van der Waals surface area contributed by atoms with Gasteiger partial charge in [0.1, 0.15) is 6.54 Å². The molecule has 0 atom stereocenters. The van der Waals surface area contributed by atoms with E-state index in [9.17, 15) is 14.4 Å². The molecular weight excluding hydrogens is 414 g/mol. The number of carbonyl (C=O) groups is 3. The number of carbonyl (C=O) groups excluding carboxylic acids is 3. The SMILES string of the molecule is COC(=O)CNC(=O)Cc1ccc(NC(=O)c2cc(C)n(Cc3cccs3)c2C)cc1. The first-order valence-electron chi connectivity index (χ1n) is 9.80. The van der Waals surface area contributed by atoms with E-state index in [1.807, 2.05) is 31.4 Å². The highest BCUT2D eigenvalue weighted by atomic mass is 32.1. The number of aryl methyl sites for hydroxylation is 1. The maximum Gasteiger partial charge on any atom is 0.325 e. The fraction of sp³-hybridized carbons (Fsp3) is 0.261. The van der Waals surface area contributed by atoms with Gasteiger partial charge in [0.15, 0.2) is 0 Å². The van der Waals surface area contributed by atoms with Crippen molar-refractivity contribution in [2.24, 2.45) is 0 Å². The summed E-state index contributed by atoms with van der Waals surface area (Å²) < 4.78 is 6.62. The molecule has 7 nitrogen and oxygen atoms in total. The van der Waals surface area contributed by atoms with E-state index in [4.69, 9.17) is 0 Å². The van der Waals surface area contributed by atoms with Crippen molar-refractivity contribution >= 4 is 34.8 Å². The summed E-state index contributed by atoms with van der Waals surface area (Å²) in [6.45, 7) is 4.53. The van der Waals surface area contributed by atoms with Crippen LogP contribution in [0, 0.1) is 13.8 Å². The van der Waals surface area contributed by atoms with Gasteiger partial charge in [-0.25, -0.2) is 0 Å². The van der Waals surface area contributed by atoms with Gasteiger partial charge in [-0.05, 0) is 49.1 Å². The van der Waals surface area contributed by atoms with Crippen molar-refractivity contribution < 1.29 is 19.1 Å². The Morgan fingerprint density at radius 2 is 1.84 bits per heavy atom. The Morgan fingerprint density at radius 3 is 2.48 bits per heavy atom. The van der Waals surface area contributed by atoms with Gasteiger partial charge in [-0.1, -0.05) is 18.2 Å². The summed E-state index contributed by atoms with van der Waals surface area (Å²) in [5.41, 5.74) is 4.01. The van der Waals surface area contributed by atoms with E-state index < -0.39 is 5.97 Å². The third kappa shape index (κ3) is 5.82. The summed E-state index contributed by atoms with van der Waals surface area (Å²) in [6.07, 6.45) is 0.134. The van der Waals surface area contributed by atoms with Crippen molar-refractivity contribution in [3.05, 3.63) is 75.2 Å². The number of esters is 1. The number of methoxy groups -OCH3 is 1. The Kier molecular flexibility index (Phi) is 7.25. The zero-order chi connectivity index (χ0) is 22.4. The monoisotopic (exact) mass is 439 g/mol. The topological polar surface area (TPSA) is 89.4 Å². The summed E-state index contributed by atoms with van der Waals surface area (Å²) in [4.78, 5) is 37.0. The highest BCUT2D eigenvalue weighted by Crippen LogP contribution is 2.21. The van der Waals surface area contributed by atoms with Crippen molar-refractivity contribution in [2.75, 3.05) is 19.0 Å². The first-order chi connectivity index (χ1) is 14.9. The Morgan fingerprint density at radius 1 is 1.10 bits per heavy atom. The highest BCUT2D eigenvalue weighted by Gasteiger charge is 2.16. The van der Waals surface area contributed by atoms with Gasteiger partial charge in [-0.15, -0.1) is 11.3 Å². The van der Waals surface area contributed by atoms with Gasteiger partial charge in [0.2, 0.25) is 5.91 Å². The average molecular weight is 440 g/mol. The summed E-state index contributed by atoms with van der Waals surface area (Å²) in [7, 11) is 1.27. The minimum Gasteiger partial charge on any atom is -0.468 e. The molecule has 1 aromatic carbocycles. The summed E-state index contributed by atoms with van der Waals surface area (Å²) >= 11 is 1.69. The molecule has 8 heteroatoms. The number of hydrogen-bond acceptors (Lipinski definition) is 5. The Bertz CT molecular complexity index is 1070. The summed E-state index contributed by atoms with van der Waals surface area (Å²) in [5, 5.41) is 7.46. The van der Waals surface area contributed by atoms with Crippen LogP contribution >= 0.6 is 11.3 Å². The zero-order valence-electron chi connectivity index (χ0n) is 17.7. The van der Waals surface area contributed by atoms with Crippen molar-refractivity contribution in [1.82, 2.24) is 9.88 Å². The van der Waals surface area contributed by atoms with Gasteiger partial charge in [0.05, 0.1) is 25.6 Å². The van der Waals surface area contributed by atoms with Crippen LogP contribution in [0.4, 0.5) is 5.69 Å². The molecular formula is C23H25N3O4S. The number of nitrogens with one attached hydrogen (secondary N) is 2. The molecule has 0 fully saturated rings. The maximum absolute atomic E-state index is 12.8. The second-order valence-corrected chi connectivity index (χ2v) is 8.16. The Hall–Kier alpha value is -3.39. The van der Waals surface area contributed by atoms with Crippen LogP contribution in [0.3, 0.4) is 0 Å². The molecule has 2 heterocycles. The van der Waals surface area contributed by atoms with Crippen LogP contribution in [-0.4, -0.2) is 36.0 Å². The maximum atomic E-state index is 12.8. The molecule has 0 aliphatic heterocycles. The molecule has 31 heavy (non-hydrogen) atoms. The smallest absolute Gasteiger partial charge is 0.325 e. The van der Waals surface area contributed by atoms with Crippen LogP contribution in [0.15, 0.2) is 47.8 Å². The quantitative estimate of drug-likeness (QED) is 0.527. The molecule has 0 unspecified atom stereocenters. The molecule has 162 valence electrons. The summed E-state index contributed by atoms with van der Waals surface area (Å²) in [5.74, 6) is -0.948. The molecule has 3 rings (SSSR count). The lowest BCUT2D eigenvalue weighted by molar-refractivity contribution is -0.141. The molecule has 0 spiro atoms. The minimum absolute atomic E-state index is 0.134. The molecule has 0 bridgehead atoms. The van der Waals surface area contributed by atoms with E-state index in [0.717, 1.165) is 23.5 Å². The normalized spacial score (nSPS) is 10.5. The molecule has 0 aliphatic carbocycles. The van der Waals surface area contributed by atoms with Crippen LogP contribution < -0.4 is 10.6 Å². The van der Waals surface area contributed by atoms with Crippen LogP contribution in [0.1, 0.15) is 32.2 Å². The second-order valence-electron chi connectivity index (χ2n) is 7.13. The van der Waals surface area contributed by atoms with E-state index in [2.05, 4.69) is 26.0 Å². The number of anilines is 1. The van der Waals surface area contributed by atoms with E-state index >= 15 is 0 Å². The highest BCUT2D eigenvalue weighted by molar-refractivity contribution is 7.09. The van der Waals surface area contributed by atoms with Crippen LogP contribution in [0.5, 0.6) is 0 Å². The zero-order valence-corrected chi connectivity index (χ0v) is 18.5. The first kappa shape index (κ1) is 22.3. The standard InChI is InChI=1S/C23H25N3O4S/c1-15-11-20(16(2)26(15)14-19-5-4-10-31-19)23(29)25-18-8-6-17(7-9-18)12-21(27)24-13-22(28)30-3/h4-11H,12-14H2,1-3H3,(H,24,27)(H,25,29). The predicted molar refractivity (Wildman–Crippen MR) is 120 cm³/mol. The number of aromatic nitrogens is 1. The molecule has 0 saturated heterocycles. The van der Waals surface area contributed by atoms with Gasteiger partial charge in [0, 0.05) is 22.0 Å².